The van der Waals surface area contributed by atoms with Gasteiger partial charge in [-0.1, -0.05) is 30.3 Å². The lowest BCUT2D eigenvalue weighted by molar-refractivity contribution is 1.13. The summed E-state index contributed by atoms with van der Waals surface area (Å²) >= 11 is 2.32. The second kappa shape index (κ2) is 5.93. The molecule has 3 rings (SSSR count). The van der Waals surface area contributed by atoms with E-state index in [1.54, 1.807) is 0 Å². The number of nitriles is 1. The first kappa shape index (κ1) is 14.8. The van der Waals surface area contributed by atoms with Crippen LogP contribution in [-0.2, 0) is 0 Å². The van der Waals surface area contributed by atoms with E-state index in [9.17, 15) is 0 Å². The summed E-state index contributed by atoms with van der Waals surface area (Å²) in [7, 11) is 4.09. The topological polar surface area (TPSA) is 39.9 Å². The monoisotopic (exact) mass is 399 g/mol. The molecule has 0 fully saturated rings. The van der Waals surface area contributed by atoms with Crippen LogP contribution in [0.15, 0.2) is 48.7 Å². The highest BCUT2D eigenvalue weighted by Gasteiger charge is 2.12. The van der Waals surface area contributed by atoms with Gasteiger partial charge >= 0.3 is 0 Å². The van der Waals surface area contributed by atoms with E-state index >= 15 is 0 Å². The van der Waals surface area contributed by atoms with Gasteiger partial charge in [0.1, 0.15) is 0 Å². The van der Waals surface area contributed by atoms with Crippen LogP contribution in [0.25, 0.3) is 22.0 Å². The van der Waals surface area contributed by atoms with Crippen molar-refractivity contribution in [2.75, 3.05) is 19.0 Å². The fourth-order valence-electron chi connectivity index (χ4n) is 2.60. The third-order valence-corrected chi connectivity index (χ3v) is 4.39. The third kappa shape index (κ3) is 2.53. The maximum atomic E-state index is 8.93. The van der Waals surface area contributed by atoms with Crippen LogP contribution in [0.3, 0.4) is 0 Å². The van der Waals surface area contributed by atoms with E-state index < -0.39 is 0 Å². The molecule has 0 saturated carbocycles. The first-order valence-corrected chi connectivity index (χ1v) is 7.95. The van der Waals surface area contributed by atoms with Gasteiger partial charge in [-0.25, -0.2) is 0 Å². The van der Waals surface area contributed by atoms with Crippen molar-refractivity contribution >= 4 is 39.2 Å². The van der Waals surface area contributed by atoms with E-state index in [4.69, 9.17) is 5.26 Å². The Morgan fingerprint density at radius 2 is 1.82 bits per heavy atom. The average Bonchev–Trinajstić information content (AvgIpc) is 2.53. The van der Waals surface area contributed by atoms with Crippen molar-refractivity contribution in [3.05, 3.63) is 57.8 Å². The Bertz CT molecular complexity index is 877. The van der Waals surface area contributed by atoms with Gasteiger partial charge in [0.25, 0.3) is 0 Å². The van der Waals surface area contributed by atoms with E-state index in [-0.39, 0.29) is 0 Å². The van der Waals surface area contributed by atoms with Crippen molar-refractivity contribution in [1.82, 2.24) is 4.98 Å². The van der Waals surface area contributed by atoms with Crippen LogP contribution < -0.4 is 4.90 Å². The minimum Gasteiger partial charge on any atom is -0.376 e. The standard InChI is InChI=1S/C18H14IN3/c1-22(2)18-15-5-3-4-14(17(15)21-11-16(18)19)13-8-6-12(10-20)7-9-13/h3-9,11H,1-2H3. The quantitative estimate of drug-likeness (QED) is 0.598. The lowest BCUT2D eigenvalue weighted by atomic mass is 10.00. The Morgan fingerprint density at radius 1 is 1.09 bits per heavy atom. The summed E-state index contributed by atoms with van der Waals surface area (Å²) in [5.74, 6) is 0. The number of halogens is 1. The fourth-order valence-corrected chi connectivity index (χ4v) is 3.51. The Labute approximate surface area is 143 Å². The molecule has 4 heteroatoms. The van der Waals surface area contributed by atoms with Gasteiger partial charge in [0.2, 0.25) is 0 Å². The Kier molecular flexibility index (Phi) is 3.99. The highest BCUT2D eigenvalue weighted by molar-refractivity contribution is 14.1. The number of pyridine rings is 1. The maximum Gasteiger partial charge on any atom is 0.0991 e. The van der Waals surface area contributed by atoms with Crippen LogP contribution in [0.5, 0.6) is 0 Å². The van der Waals surface area contributed by atoms with Crippen LogP contribution in [0.1, 0.15) is 5.56 Å². The Hall–Kier alpha value is -2.13. The van der Waals surface area contributed by atoms with E-state index in [2.05, 4.69) is 56.7 Å². The minimum atomic E-state index is 0.667. The number of aromatic nitrogens is 1. The molecule has 0 saturated heterocycles. The van der Waals surface area contributed by atoms with Crippen molar-refractivity contribution < 1.29 is 0 Å². The van der Waals surface area contributed by atoms with Gasteiger partial charge < -0.3 is 4.90 Å². The molecule has 0 amide bonds. The van der Waals surface area contributed by atoms with Crippen LogP contribution in [0, 0.1) is 14.9 Å². The van der Waals surface area contributed by atoms with Crippen LogP contribution in [0.4, 0.5) is 5.69 Å². The lowest BCUT2D eigenvalue weighted by Gasteiger charge is -2.18. The summed E-state index contributed by atoms with van der Waals surface area (Å²) in [4.78, 5) is 6.76. The van der Waals surface area contributed by atoms with Gasteiger partial charge in [0, 0.05) is 31.2 Å². The van der Waals surface area contributed by atoms with E-state index in [0.717, 1.165) is 25.6 Å². The molecule has 0 aliphatic heterocycles. The highest BCUT2D eigenvalue weighted by atomic mass is 127. The summed E-state index contributed by atoms with van der Waals surface area (Å²) in [5, 5.41) is 10.1. The number of hydrogen-bond acceptors (Lipinski definition) is 3. The second-order valence-corrected chi connectivity index (χ2v) is 6.40. The lowest BCUT2D eigenvalue weighted by Crippen LogP contribution is -2.11. The van der Waals surface area contributed by atoms with Crippen molar-refractivity contribution in [2.24, 2.45) is 0 Å². The van der Waals surface area contributed by atoms with Gasteiger partial charge in [-0.3, -0.25) is 4.98 Å². The normalized spacial score (nSPS) is 10.5. The molecular weight excluding hydrogens is 385 g/mol. The van der Waals surface area contributed by atoms with Gasteiger partial charge in [-0.15, -0.1) is 0 Å². The number of hydrogen-bond donors (Lipinski definition) is 0. The molecule has 3 aromatic rings. The smallest absolute Gasteiger partial charge is 0.0991 e. The Balaban J connectivity index is 2.27. The van der Waals surface area contributed by atoms with Gasteiger partial charge in [0.15, 0.2) is 0 Å². The van der Waals surface area contributed by atoms with Gasteiger partial charge in [-0.05, 0) is 40.3 Å². The molecule has 0 aliphatic rings. The molecule has 0 aliphatic carbocycles. The molecule has 0 unspecified atom stereocenters. The predicted molar refractivity (Wildman–Crippen MR) is 98.9 cm³/mol. The molecule has 22 heavy (non-hydrogen) atoms. The molecule has 0 radical (unpaired) electrons. The average molecular weight is 399 g/mol. The fraction of sp³-hybridized carbons (Fsp3) is 0.111. The molecule has 0 atom stereocenters. The second-order valence-electron chi connectivity index (χ2n) is 5.24. The highest BCUT2D eigenvalue weighted by Crippen LogP contribution is 2.34. The summed E-state index contributed by atoms with van der Waals surface area (Å²) in [6.45, 7) is 0. The number of benzene rings is 2. The zero-order valence-electron chi connectivity index (χ0n) is 12.3. The van der Waals surface area contributed by atoms with Crippen LogP contribution >= 0.6 is 22.6 Å². The number of nitrogens with zero attached hydrogens (tertiary/aromatic N) is 3. The number of rotatable bonds is 2. The largest absolute Gasteiger partial charge is 0.376 e. The maximum absolute atomic E-state index is 8.93. The molecule has 0 spiro atoms. The minimum absolute atomic E-state index is 0.667. The molecule has 1 heterocycles. The van der Waals surface area contributed by atoms with Crippen LogP contribution in [-0.4, -0.2) is 19.1 Å². The molecular formula is C18H14IN3. The van der Waals surface area contributed by atoms with Crippen molar-refractivity contribution in [1.29, 1.82) is 5.26 Å². The Morgan fingerprint density at radius 3 is 2.45 bits per heavy atom. The molecule has 0 N–H and O–H groups in total. The molecule has 0 bridgehead atoms. The summed E-state index contributed by atoms with van der Waals surface area (Å²) in [6.07, 6.45) is 1.91. The number of fused-ring (bicyclic) bond motifs is 1. The summed E-state index contributed by atoms with van der Waals surface area (Å²) < 4.78 is 1.13. The zero-order chi connectivity index (χ0) is 15.7. The number of para-hydroxylation sites is 1. The molecule has 1 aromatic heterocycles. The number of anilines is 1. The van der Waals surface area contributed by atoms with Gasteiger partial charge in [-0.2, -0.15) is 5.26 Å². The molecule has 3 nitrogen and oxygen atoms in total. The molecule has 2 aromatic carbocycles. The van der Waals surface area contributed by atoms with E-state index in [1.807, 2.05) is 44.6 Å². The van der Waals surface area contributed by atoms with Crippen molar-refractivity contribution in [3.8, 4) is 17.2 Å². The van der Waals surface area contributed by atoms with Crippen molar-refractivity contribution in [3.63, 3.8) is 0 Å². The third-order valence-electron chi connectivity index (χ3n) is 3.60. The first-order valence-electron chi connectivity index (χ1n) is 6.87. The summed E-state index contributed by atoms with van der Waals surface area (Å²) in [5.41, 5.74) is 4.99. The zero-order valence-corrected chi connectivity index (χ0v) is 14.5. The molecule has 108 valence electrons. The first-order chi connectivity index (χ1) is 10.6. The van der Waals surface area contributed by atoms with E-state index in [0.29, 0.717) is 5.56 Å². The van der Waals surface area contributed by atoms with Crippen molar-refractivity contribution in [2.45, 2.75) is 0 Å². The van der Waals surface area contributed by atoms with Gasteiger partial charge in [0.05, 0.1) is 26.4 Å². The van der Waals surface area contributed by atoms with Crippen LogP contribution in [0.2, 0.25) is 0 Å². The van der Waals surface area contributed by atoms with E-state index in [1.165, 1.54) is 5.69 Å². The SMILES string of the molecule is CN(C)c1c(I)cnc2c(-c3ccc(C#N)cc3)cccc12. The summed E-state index contributed by atoms with van der Waals surface area (Å²) in [6, 6.07) is 16.0. The predicted octanol–water partition coefficient (Wildman–Crippen LogP) is 4.44.